The standard InChI is InChI=1S/C13H14N2O2/c1-9-12(17-10(2)15-9)8-14-13(16)11-6-4-3-5-7-11/h3-7H,8H2,1-2H3,(H,14,16). The van der Waals surface area contributed by atoms with Gasteiger partial charge in [0, 0.05) is 12.5 Å². The fraction of sp³-hybridized carbons (Fsp3) is 0.231. The summed E-state index contributed by atoms with van der Waals surface area (Å²) in [6, 6.07) is 9.08. The summed E-state index contributed by atoms with van der Waals surface area (Å²) < 4.78 is 5.37. The first kappa shape index (κ1) is 11.4. The highest BCUT2D eigenvalue weighted by molar-refractivity contribution is 5.94. The number of nitrogens with one attached hydrogen (secondary N) is 1. The molecule has 1 aromatic carbocycles. The monoisotopic (exact) mass is 230 g/mol. The number of aromatic nitrogens is 1. The number of aryl methyl sites for hydroxylation is 2. The predicted octanol–water partition coefficient (Wildman–Crippen LogP) is 2.22. The van der Waals surface area contributed by atoms with E-state index in [4.69, 9.17) is 4.42 Å². The van der Waals surface area contributed by atoms with Crippen molar-refractivity contribution in [2.24, 2.45) is 0 Å². The van der Waals surface area contributed by atoms with Crippen LogP contribution in [0.5, 0.6) is 0 Å². The number of benzene rings is 1. The van der Waals surface area contributed by atoms with Crippen LogP contribution in [-0.4, -0.2) is 10.9 Å². The molecule has 4 nitrogen and oxygen atoms in total. The van der Waals surface area contributed by atoms with Crippen LogP contribution in [-0.2, 0) is 6.54 Å². The third-order valence-electron chi connectivity index (χ3n) is 2.45. The molecule has 0 fully saturated rings. The summed E-state index contributed by atoms with van der Waals surface area (Å²) in [5.41, 5.74) is 1.46. The smallest absolute Gasteiger partial charge is 0.251 e. The minimum absolute atomic E-state index is 0.112. The van der Waals surface area contributed by atoms with Gasteiger partial charge in [-0.1, -0.05) is 18.2 Å². The quantitative estimate of drug-likeness (QED) is 0.879. The Labute approximate surface area is 99.7 Å². The number of rotatable bonds is 3. The van der Waals surface area contributed by atoms with E-state index in [1.54, 1.807) is 19.1 Å². The first-order chi connectivity index (χ1) is 8.16. The van der Waals surface area contributed by atoms with Crippen LogP contribution in [0.2, 0.25) is 0 Å². The van der Waals surface area contributed by atoms with Crippen molar-refractivity contribution in [2.45, 2.75) is 20.4 Å². The van der Waals surface area contributed by atoms with E-state index in [0.29, 0.717) is 23.8 Å². The average molecular weight is 230 g/mol. The Morgan fingerprint density at radius 2 is 2.00 bits per heavy atom. The topological polar surface area (TPSA) is 55.1 Å². The van der Waals surface area contributed by atoms with Gasteiger partial charge in [-0.2, -0.15) is 0 Å². The Bertz CT molecular complexity index is 517. The van der Waals surface area contributed by atoms with Crippen LogP contribution in [0.15, 0.2) is 34.7 Å². The van der Waals surface area contributed by atoms with Gasteiger partial charge in [0.25, 0.3) is 5.91 Å². The van der Waals surface area contributed by atoms with E-state index in [0.717, 1.165) is 5.69 Å². The molecular formula is C13H14N2O2. The van der Waals surface area contributed by atoms with Crippen molar-refractivity contribution in [1.82, 2.24) is 10.3 Å². The first-order valence-electron chi connectivity index (χ1n) is 5.43. The number of carbonyl (C=O) groups excluding carboxylic acids is 1. The van der Waals surface area contributed by atoms with Gasteiger partial charge in [0.2, 0.25) is 0 Å². The molecule has 0 aliphatic heterocycles. The lowest BCUT2D eigenvalue weighted by Crippen LogP contribution is -2.22. The Kier molecular flexibility index (Phi) is 3.23. The van der Waals surface area contributed by atoms with Crippen LogP contribution in [0, 0.1) is 13.8 Å². The van der Waals surface area contributed by atoms with Gasteiger partial charge < -0.3 is 9.73 Å². The first-order valence-corrected chi connectivity index (χ1v) is 5.43. The molecule has 0 unspecified atom stereocenters. The van der Waals surface area contributed by atoms with Gasteiger partial charge in [0.05, 0.1) is 12.2 Å². The van der Waals surface area contributed by atoms with E-state index < -0.39 is 0 Å². The van der Waals surface area contributed by atoms with Crippen LogP contribution in [0.3, 0.4) is 0 Å². The van der Waals surface area contributed by atoms with Gasteiger partial charge in [0.15, 0.2) is 5.89 Å². The molecule has 4 heteroatoms. The van der Waals surface area contributed by atoms with Crippen molar-refractivity contribution in [1.29, 1.82) is 0 Å². The lowest BCUT2D eigenvalue weighted by Gasteiger charge is -2.03. The number of carbonyl (C=O) groups is 1. The normalized spacial score (nSPS) is 10.2. The lowest BCUT2D eigenvalue weighted by molar-refractivity contribution is 0.0948. The number of hydrogen-bond donors (Lipinski definition) is 1. The van der Waals surface area contributed by atoms with Gasteiger partial charge >= 0.3 is 0 Å². The maximum absolute atomic E-state index is 11.8. The van der Waals surface area contributed by atoms with Crippen molar-refractivity contribution < 1.29 is 9.21 Å². The molecule has 0 saturated carbocycles. The Morgan fingerprint density at radius 1 is 1.29 bits per heavy atom. The Morgan fingerprint density at radius 3 is 2.59 bits per heavy atom. The van der Waals surface area contributed by atoms with Crippen LogP contribution >= 0.6 is 0 Å². The second-order valence-electron chi connectivity index (χ2n) is 3.79. The van der Waals surface area contributed by atoms with Gasteiger partial charge in [-0.15, -0.1) is 0 Å². The highest BCUT2D eigenvalue weighted by Gasteiger charge is 2.09. The second-order valence-corrected chi connectivity index (χ2v) is 3.79. The summed E-state index contributed by atoms with van der Waals surface area (Å²) >= 11 is 0. The van der Waals surface area contributed by atoms with E-state index in [9.17, 15) is 4.79 Å². The maximum atomic E-state index is 11.8. The Hall–Kier alpha value is -2.10. The molecule has 1 aromatic heterocycles. The highest BCUT2D eigenvalue weighted by Crippen LogP contribution is 2.09. The minimum Gasteiger partial charge on any atom is -0.444 e. The Balaban J connectivity index is 1.99. The summed E-state index contributed by atoms with van der Waals surface area (Å²) in [5, 5.41) is 2.80. The summed E-state index contributed by atoms with van der Waals surface area (Å²) in [6.07, 6.45) is 0. The molecule has 17 heavy (non-hydrogen) atoms. The molecule has 0 spiro atoms. The van der Waals surface area contributed by atoms with Crippen LogP contribution in [0.4, 0.5) is 0 Å². The van der Waals surface area contributed by atoms with Crippen molar-refractivity contribution in [3.8, 4) is 0 Å². The van der Waals surface area contributed by atoms with E-state index >= 15 is 0 Å². The van der Waals surface area contributed by atoms with Crippen molar-refractivity contribution in [2.75, 3.05) is 0 Å². The molecular weight excluding hydrogens is 216 g/mol. The van der Waals surface area contributed by atoms with E-state index in [1.807, 2.05) is 25.1 Å². The van der Waals surface area contributed by atoms with Crippen molar-refractivity contribution >= 4 is 5.91 Å². The molecule has 88 valence electrons. The summed E-state index contributed by atoms with van der Waals surface area (Å²) in [5.74, 6) is 1.21. The zero-order valence-corrected chi connectivity index (χ0v) is 9.86. The lowest BCUT2D eigenvalue weighted by atomic mass is 10.2. The van der Waals surface area contributed by atoms with Crippen LogP contribution in [0.1, 0.15) is 27.7 Å². The largest absolute Gasteiger partial charge is 0.444 e. The van der Waals surface area contributed by atoms with Gasteiger partial charge in [-0.3, -0.25) is 4.79 Å². The molecule has 2 aromatic rings. The molecule has 0 bridgehead atoms. The SMILES string of the molecule is Cc1nc(C)c(CNC(=O)c2ccccc2)o1. The summed E-state index contributed by atoms with van der Waals surface area (Å²) in [4.78, 5) is 15.9. The third-order valence-corrected chi connectivity index (χ3v) is 2.45. The molecule has 0 aliphatic rings. The highest BCUT2D eigenvalue weighted by atomic mass is 16.4. The molecule has 1 amide bonds. The number of oxazole rings is 1. The predicted molar refractivity (Wildman–Crippen MR) is 63.6 cm³/mol. The summed E-state index contributed by atoms with van der Waals surface area (Å²) in [6.45, 7) is 4.01. The molecule has 0 atom stereocenters. The molecule has 0 aliphatic carbocycles. The van der Waals surface area contributed by atoms with Gasteiger partial charge in [-0.25, -0.2) is 4.98 Å². The van der Waals surface area contributed by atoms with E-state index in [1.165, 1.54) is 0 Å². The van der Waals surface area contributed by atoms with Crippen molar-refractivity contribution in [3.63, 3.8) is 0 Å². The van der Waals surface area contributed by atoms with E-state index in [2.05, 4.69) is 10.3 Å². The maximum Gasteiger partial charge on any atom is 0.251 e. The van der Waals surface area contributed by atoms with E-state index in [-0.39, 0.29) is 5.91 Å². The molecule has 0 radical (unpaired) electrons. The zero-order chi connectivity index (χ0) is 12.3. The molecule has 1 N–H and O–H groups in total. The number of hydrogen-bond acceptors (Lipinski definition) is 3. The fourth-order valence-corrected chi connectivity index (χ4v) is 1.59. The third kappa shape index (κ3) is 2.72. The minimum atomic E-state index is -0.112. The molecule has 2 rings (SSSR count). The molecule has 1 heterocycles. The number of nitrogens with zero attached hydrogens (tertiary/aromatic N) is 1. The zero-order valence-electron chi connectivity index (χ0n) is 9.86. The summed E-state index contributed by atoms with van der Waals surface area (Å²) in [7, 11) is 0. The van der Waals surface area contributed by atoms with Gasteiger partial charge in [0.1, 0.15) is 5.76 Å². The average Bonchev–Trinajstić information content (AvgIpc) is 2.66. The second kappa shape index (κ2) is 4.82. The van der Waals surface area contributed by atoms with Crippen LogP contribution in [0.25, 0.3) is 0 Å². The van der Waals surface area contributed by atoms with Crippen molar-refractivity contribution in [3.05, 3.63) is 53.2 Å². The van der Waals surface area contributed by atoms with Crippen LogP contribution < -0.4 is 5.32 Å². The fourth-order valence-electron chi connectivity index (χ4n) is 1.59. The molecule has 0 saturated heterocycles. The number of amides is 1. The van der Waals surface area contributed by atoms with Gasteiger partial charge in [-0.05, 0) is 19.1 Å².